The predicted octanol–water partition coefficient (Wildman–Crippen LogP) is 2.53. The van der Waals surface area contributed by atoms with E-state index in [1.807, 2.05) is 11.0 Å². The van der Waals surface area contributed by atoms with E-state index in [2.05, 4.69) is 4.98 Å². The molecule has 1 aliphatic heterocycles. The maximum atomic E-state index is 13.3. The Kier molecular flexibility index (Phi) is 3.42. The van der Waals surface area contributed by atoms with Crippen molar-refractivity contribution in [2.24, 2.45) is 17.1 Å². The number of amides is 1. The Labute approximate surface area is 136 Å². The molecular weight excluding hydrogens is 298 g/mol. The Hall–Kier alpha value is -1.13. The topological polar surface area (TPSA) is 59.2 Å². The molecule has 4 rings (SSSR count). The molecule has 1 aromatic rings. The molecule has 2 aliphatic carbocycles. The number of fused-ring (bicyclic) bond motifs is 2. The normalized spacial score (nSPS) is 33.6. The van der Waals surface area contributed by atoms with Crippen LogP contribution in [0.15, 0.2) is 12.3 Å². The summed E-state index contributed by atoms with van der Waals surface area (Å²) in [6.07, 6.45) is 7.75. The minimum absolute atomic E-state index is 0.178. The van der Waals surface area contributed by atoms with Gasteiger partial charge in [0, 0.05) is 37.4 Å². The van der Waals surface area contributed by atoms with Gasteiger partial charge in [-0.3, -0.25) is 9.78 Å². The van der Waals surface area contributed by atoms with Crippen LogP contribution in [-0.4, -0.2) is 28.4 Å². The van der Waals surface area contributed by atoms with Crippen molar-refractivity contribution >= 4 is 17.5 Å². The van der Waals surface area contributed by atoms with Gasteiger partial charge in [0.25, 0.3) is 0 Å². The van der Waals surface area contributed by atoms with E-state index in [4.69, 9.17) is 17.3 Å². The van der Waals surface area contributed by atoms with Gasteiger partial charge < -0.3 is 10.6 Å². The quantitative estimate of drug-likeness (QED) is 0.865. The molecule has 0 spiro atoms. The number of carbonyl (C=O) groups excluding carboxylic acids is 1. The van der Waals surface area contributed by atoms with Crippen molar-refractivity contribution in [3.05, 3.63) is 28.5 Å². The first-order chi connectivity index (χ1) is 10.6. The van der Waals surface area contributed by atoms with E-state index in [-0.39, 0.29) is 11.5 Å². The van der Waals surface area contributed by atoms with Crippen LogP contribution in [0, 0.1) is 11.3 Å². The van der Waals surface area contributed by atoms with E-state index in [0.717, 1.165) is 49.9 Å². The summed E-state index contributed by atoms with van der Waals surface area (Å²) in [5.41, 5.74) is 8.18. The zero-order valence-electron chi connectivity index (χ0n) is 12.7. The number of hydrogen-bond acceptors (Lipinski definition) is 3. The van der Waals surface area contributed by atoms with Crippen molar-refractivity contribution < 1.29 is 4.79 Å². The Balaban J connectivity index is 1.59. The number of rotatable bonds is 1. The zero-order chi connectivity index (χ0) is 15.3. The smallest absolute Gasteiger partial charge is 0.229 e. The van der Waals surface area contributed by atoms with Gasteiger partial charge in [0.15, 0.2) is 0 Å². The van der Waals surface area contributed by atoms with Gasteiger partial charge in [-0.2, -0.15) is 0 Å². The fourth-order valence-corrected chi connectivity index (χ4v) is 5.11. The van der Waals surface area contributed by atoms with Crippen molar-refractivity contribution in [3.63, 3.8) is 0 Å². The van der Waals surface area contributed by atoms with Crippen molar-refractivity contribution in [3.8, 4) is 0 Å². The summed E-state index contributed by atoms with van der Waals surface area (Å²) < 4.78 is 0. The monoisotopic (exact) mass is 319 g/mol. The second kappa shape index (κ2) is 5.20. The third-order valence-electron chi connectivity index (χ3n) is 5.89. The molecular formula is C17H22ClN3O. The summed E-state index contributed by atoms with van der Waals surface area (Å²) in [5.74, 6) is 0.822. The first-order valence-corrected chi connectivity index (χ1v) is 8.64. The van der Waals surface area contributed by atoms with Gasteiger partial charge in [-0.15, -0.1) is 0 Å². The molecule has 1 amide bonds. The van der Waals surface area contributed by atoms with Gasteiger partial charge in [0.1, 0.15) is 0 Å². The lowest BCUT2D eigenvalue weighted by Gasteiger charge is -2.37. The van der Waals surface area contributed by atoms with Gasteiger partial charge in [-0.05, 0) is 43.2 Å². The fraction of sp³-hybridized carbons (Fsp3) is 0.647. The van der Waals surface area contributed by atoms with E-state index >= 15 is 0 Å². The molecule has 3 unspecified atom stereocenters. The summed E-state index contributed by atoms with van der Waals surface area (Å²) >= 11 is 6.06. The van der Waals surface area contributed by atoms with Crippen molar-refractivity contribution in [2.75, 3.05) is 6.54 Å². The summed E-state index contributed by atoms with van der Waals surface area (Å²) in [6.45, 7) is 1.41. The molecule has 0 saturated heterocycles. The zero-order valence-corrected chi connectivity index (χ0v) is 13.5. The van der Waals surface area contributed by atoms with Crippen LogP contribution in [0.2, 0.25) is 5.02 Å². The molecule has 2 N–H and O–H groups in total. The third kappa shape index (κ3) is 2.16. The van der Waals surface area contributed by atoms with E-state index in [1.54, 1.807) is 6.20 Å². The fourth-order valence-electron chi connectivity index (χ4n) is 4.93. The van der Waals surface area contributed by atoms with Crippen LogP contribution in [0.25, 0.3) is 0 Å². The Morgan fingerprint density at radius 2 is 2.36 bits per heavy atom. The molecule has 2 heterocycles. The average Bonchev–Trinajstić information content (AvgIpc) is 3.02. The molecule has 22 heavy (non-hydrogen) atoms. The highest BCUT2D eigenvalue weighted by molar-refractivity contribution is 6.30. The number of aromatic nitrogens is 1. The number of carbonyl (C=O) groups is 1. The van der Waals surface area contributed by atoms with Crippen molar-refractivity contribution in [2.45, 2.75) is 51.1 Å². The molecule has 3 aliphatic rings. The lowest BCUT2D eigenvalue weighted by atomic mass is 9.78. The first-order valence-electron chi connectivity index (χ1n) is 8.27. The van der Waals surface area contributed by atoms with Crippen LogP contribution in [-0.2, 0) is 17.8 Å². The highest BCUT2D eigenvalue weighted by Gasteiger charge is 2.55. The van der Waals surface area contributed by atoms with E-state index < -0.39 is 0 Å². The molecule has 1 aromatic heterocycles. The van der Waals surface area contributed by atoms with Crippen molar-refractivity contribution in [1.29, 1.82) is 0 Å². The Bertz CT molecular complexity index is 620. The molecule has 4 nitrogen and oxygen atoms in total. The minimum atomic E-state index is -0.178. The summed E-state index contributed by atoms with van der Waals surface area (Å²) in [7, 11) is 0. The van der Waals surface area contributed by atoms with Gasteiger partial charge in [-0.1, -0.05) is 18.0 Å². The van der Waals surface area contributed by atoms with Gasteiger partial charge in [-0.25, -0.2) is 0 Å². The molecule has 0 radical (unpaired) electrons. The molecule has 0 bridgehead atoms. The number of nitrogens with two attached hydrogens (primary N) is 1. The maximum absolute atomic E-state index is 13.3. The molecule has 0 aromatic carbocycles. The Morgan fingerprint density at radius 1 is 1.50 bits per heavy atom. The number of pyridine rings is 1. The minimum Gasteiger partial charge on any atom is -0.337 e. The standard InChI is InChI=1S/C17H22ClN3O/c18-13-6-11-10-21(5-3-15(11)20-9-13)16(22)17-4-1-2-12(17)7-14(19)8-17/h6,9,12,14H,1-5,7-8,10,19H2. The van der Waals surface area contributed by atoms with Crippen LogP contribution in [0.3, 0.4) is 0 Å². The molecule has 2 fully saturated rings. The van der Waals surface area contributed by atoms with Crippen LogP contribution in [0.4, 0.5) is 0 Å². The lowest BCUT2D eigenvalue weighted by Crippen LogP contribution is -2.46. The van der Waals surface area contributed by atoms with Crippen LogP contribution >= 0.6 is 11.6 Å². The van der Waals surface area contributed by atoms with Gasteiger partial charge in [0.05, 0.1) is 10.4 Å². The summed E-state index contributed by atoms with van der Waals surface area (Å²) in [5, 5.41) is 0.646. The molecule has 5 heteroatoms. The summed E-state index contributed by atoms with van der Waals surface area (Å²) in [6, 6.07) is 2.15. The largest absolute Gasteiger partial charge is 0.337 e. The van der Waals surface area contributed by atoms with Crippen LogP contribution in [0.1, 0.15) is 43.4 Å². The van der Waals surface area contributed by atoms with Crippen LogP contribution in [0.5, 0.6) is 0 Å². The molecule has 118 valence electrons. The number of hydrogen-bond donors (Lipinski definition) is 1. The highest BCUT2D eigenvalue weighted by atomic mass is 35.5. The van der Waals surface area contributed by atoms with Gasteiger partial charge in [0.2, 0.25) is 5.91 Å². The Morgan fingerprint density at radius 3 is 3.23 bits per heavy atom. The SMILES string of the molecule is NC1CC2CCCC2(C(=O)N2CCc3ncc(Cl)cc3C2)C1. The highest BCUT2D eigenvalue weighted by Crippen LogP contribution is 2.55. The summed E-state index contributed by atoms with van der Waals surface area (Å²) in [4.78, 5) is 19.7. The molecule has 3 atom stereocenters. The second-order valence-electron chi connectivity index (χ2n) is 7.18. The number of halogens is 1. The third-order valence-corrected chi connectivity index (χ3v) is 6.10. The number of nitrogens with zero attached hydrogens (tertiary/aromatic N) is 2. The lowest BCUT2D eigenvalue weighted by molar-refractivity contribution is -0.144. The maximum Gasteiger partial charge on any atom is 0.229 e. The van der Waals surface area contributed by atoms with Crippen molar-refractivity contribution in [1.82, 2.24) is 9.88 Å². The van der Waals surface area contributed by atoms with E-state index in [9.17, 15) is 4.79 Å². The van der Waals surface area contributed by atoms with Crippen LogP contribution < -0.4 is 5.73 Å². The molecule has 2 saturated carbocycles. The average molecular weight is 320 g/mol. The van der Waals surface area contributed by atoms with E-state index in [0.29, 0.717) is 23.4 Å². The second-order valence-corrected chi connectivity index (χ2v) is 7.62. The van der Waals surface area contributed by atoms with E-state index in [1.165, 1.54) is 6.42 Å². The first kappa shape index (κ1) is 14.5. The predicted molar refractivity (Wildman–Crippen MR) is 85.4 cm³/mol. The van der Waals surface area contributed by atoms with Gasteiger partial charge >= 0.3 is 0 Å².